The number of nitro groups is 1. The van der Waals surface area contributed by atoms with E-state index in [1.165, 1.54) is 18.2 Å². The second kappa shape index (κ2) is 8.83. The molecule has 0 fully saturated rings. The van der Waals surface area contributed by atoms with Gasteiger partial charge in [-0.05, 0) is 43.9 Å². The number of likely N-dealkylation sites (N-methyl/N-ethyl adjacent to an activating group) is 1. The van der Waals surface area contributed by atoms with E-state index in [-0.39, 0.29) is 22.3 Å². The second-order valence-electron chi connectivity index (χ2n) is 6.59. The van der Waals surface area contributed by atoms with E-state index < -0.39 is 10.8 Å². The Morgan fingerprint density at radius 1 is 1.15 bits per heavy atom. The minimum Gasteiger partial charge on any atom is -0.378 e. The first-order valence-corrected chi connectivity index (χ1v) is 8.74. The maximum absolute atomic E-state index is 12.5. The van der Waals surface area contributed by atoms with E-state index in [0.29, 0.717) is 6.54 Å². The third kappa shape index (κ3) is 5.18. The number of carbonyl (C=O) groups is 1. The van der Waals surface area contributed by atoms with Gasteiger partial charge in [-0.1, -0.05) is 23.7 Å². The van der Waals surface area contributed by atoms with E-state index in [9.17, 15) is 14.9 Å². The van der Waals surface area contributed by atoms with Crippen molar-refractivity contribution < 1.29 is 9.72 Å². The zero-order valence-electron chi connectivity index (χ0n) is 15.8. The first-order valence-electron chi connectivity index (χ1n) is 8.36. The van der Waals surface area contributed by atoms with Crippen molar-refractivity contribution in [1.82, 2.24) is 10.2 Å². The molecule has 1 atom stereocenters. The lowest BCUT2D eigenvalue weighted by atomic mass is 10.0. The summed E-state index contributed by atoms with van der Waals surface area (Å²) in [5, 5.41) is 14.2. The first-order chi connectivity index (χ1) is 12.7. The minimum absolute atomic E-state index is 0.0482. The average Bonchev–Trinajstić information content (AvgIpc) is 2.61. The average molecular weight is 391 g/mol. The van der Waals surface area contributed by atoms with Crippen LogP contribution >= 0.6 is 11.6 Å². The van der Waals surface area contributed by atoms with E-state index in [2.05, 4.69) is 5.32 Å². The number of anilines is 1. The number of carbonyl (C=O) groups excluding carboxylic acids is 1. The molecule has 0 aliphatic heterocycles. The van der Waals surface area contributed by atoms with Gasteiger partial charge in [0, 0.05) is 37.4 Å². The largest absolute Gasteiger partial charge is 0.378 e. The first kappa shape index (κ1) is 20.7. The molecule has 0 aromatic heterocycles. The highest BCUT2D eigenvalue weighted by molar-refractivity contribution is 6.31. The highest BCUT2D eigenvalue weighted by Gasteiger charge is 2.22. The molecule has 144 valence electrons. The predicted molar refractivity (Wildman–Crippen MR) is 108 cm³/mol. The number of nitrogens with one attached hydrogen (secondary N) is 1. The summed E-state index contributed by atoms with van der Waals surface area (Å²) in [7, 11) is 7.77. The lowest BCUT2D eigenvalue weighted by Gasteiger charge is -2.25. The molecule has 1 amide bonds. The number of hydrogen-bond acceptors (Lipinski definition) is 5. The van der Waals surface area contributed by atoms with Gasteiger partial charge in [-0.3, -0.25) is 14.9 Å². The molecule has 2 rings (SSSR count). The Balaban J connectivity index is 2.18. The predicted octanol–water partition coefficient (Wildman–Crippen LogP) is 3.35. The number of rotatable bonds is 7. The topological polar surface area (TPSA) is 78.7 Å². The molecule has 0 heterocycles. The molecule has 7 nitrogen and oxygen atoms in total. The highest BCUT2D eigenvalue weighted by Crippen LogP contribution is 2.24. The van der Waals surface area contributed by atoms with Crippen LogP contribution in [0.25, 0.3) is 0 Å². The summed E-state index contributed by atoms with van der Waals surface area (Å²) < 4.78 is 0. The van der Waals surface area contributed by atoms with Crippen molar-refractivity contribution in [2.45, 2.75) is 6.04 Å². The van der Waals surface area contributed by atoms with Crippen molar-refractivity contribution in [3.63, 3.8) is 0 Å². The Bertz CT molecular complexity index is 822. The van der Waals surface area contributed by atoms with Crippen molar-refractivity contribution in [3.8, 4) is 0 Å². The summed E-state index contributed by atoms with van der Waals surface area (Å²) in [6, 6.07) is 11.9. The number of nitro benzene ring substituents is 1. The van der Waals surface area contributed by atoms with Gasteiger partial charge < -0.3 is 15.1 Å². The molecule has 8 heteroatoms. The van der Waals surface area contributed by atoms with Gasteiger partial charge >= 0.3 is 0 Å². The van der Waals surface area contributed by atoms with Gasteiger partial charge in [0.1, 0.15) is 5.56 Å². The van der Waals surface area contributed by atoms with Crippen molar-refractivity contribution in [2.24, 2.45) is 0 Å². The SMILES string of the molecule is CN(C)c1ccc([C@@H](CNC(=O)c2cc(Cl)ccc2[N+](=O)[O-])N(C)C)cc1. The monoisotopic (exact) mass is 390 g/mol. The highest BCUT2D eigenvalue weighted by atomic mass is 35.5. The summed E-state index contributed by atoms with van der Waals surface area (Å²) in [6.45, 7) is 0.302. The lowest BCUT2D eigenvalue weighted by Crippen LogP contribution is -2.34. The number of halogens is 1. The number of amides is 1. The molecular formula is C19H23ClN4O3. The summed E-state index contributed by atoms with van der Waals surface area (Å²) in [5.41, 5.74) is 1.79. The van der Waals surface area contributed by atoms with E-state index in [1.807, 2.05) is 62.3 Å². The van der Waals surface area contributed by atoms with Crippen molar-refractivity contribution >= 4 is 28.9 Å². The van der Waals surface area contributed by atoms with Crippen LogP contribution in [0.1, 0.15) is 22.0 Å². The third-order valence-corrected chi connectivity index (χ3v) is 4.51. The van der Waals surface area contributed by atoms with Gasteiger partial charge in [0.05, 0.1) is 11.0 Å². The summed E-state index contributed by atoms with van der Waals surface area (Å²) in [6.07, 6.45) is 0. The zero-order valence-corrected chi connectivity index (χ0v) is 16.5. The standard InChI is InChI=1S/C19H23ClN4O3/c1-22(2)15-8-5-13(6-9-15)18(23(3)4)12-21-19(25)16-11-14(20)7-10-17(16)24(26)27/h5-11,18H,12H2,1-4H3,(H,21,25)/t18-/m1/s1. The maximum Gasteiger partial charge on any atom is 0.282 e. The van der Waals surface area contributed by atoms with Crippen LogP contribution in [0, 0.1) is 10.1 Å². The van der Waals surface area contributed by atoms with Crippen LogP contribution in [0.3, 0.4) is 0 Å². The van der Waals surface area contributed by atoms with Crippen LogP contribution in [0.15, 0.2) is 42.5 Å². The van der Waals surface area contributed by atoms with Crippen LogP contribution in [-0.4, -0.2) is 50.5 Å². The molecule has 1 N–H and O–H groups in total. The summed E-state index contributed by atoms with van der Waals surface area (Å²) in [4.78, 5) is 27.1. The van der Waals surface area contributed by atoms with E-state index in [4.69, 9.17) is 11.6 Å². The molecule has 2 aromatic rings. The van der Waals surface area contributed by atoms with Crippen LogP contribution in [0.2, 0.25) is 5.02 Å². The lowest BCUT2D eigenvalue weighted by molar-refractivity contribution is -0.385. The molecular weight excluding hydrogens is 368 g/mol. The van der Waals surface area contributed by atoms with Gasteiger partial charge in [-0.2, -0.15) is 0 Å². The number of hydrogen-bond donors (Lipinski definition) is 1. The van der Waals surface area contributed by atoms with Crippen LogP contribution in [-0.2, 0) is 0 Å². The fourth-order valence-electron chi connectivity index (χ4n) is 2.73. The van der Waals surface area contributed by atoms with Gasteiger partial charge in [0.15, 0.2) is 0 Å². The van der Waals surface area contributed by atoms with Gasteiger partial charge in [0.25, 0.3) is 11.6 Å². The Labute approximate surface area is 163 Å². The normalized spacial score (nSPS) is 11.9. The molecule has 0 unspecified atom stereocenters. The van der Waals surface area contributed by atoms with Crippen molar-refractivity contribution in [2.75, 3.05) is 39.6 Å². The number of nitrogens with zero attached hydrogens (tertiary/aromatic N) is 3. The molecule has 0 spiro atoms. The van der Waals surface area contributed by atoms with Gasteiger partial charge in [-0.25, -0.2) is 0 Å². The molecule has 0 bridgehead atoms. The maximum atomic E-state index is 12.5. The van der Waals surface area contributed by atoms with E-state index in [0.717, 1.165) is 11.3 Å². The Morgan fingerprint density at radius 2 is 1.78 bits per heavy atom. The minimum atomic E-state index is -0.589. The van der Waals surface area contributed by atoms with Crippen LogP contribution in [0.4, 0.5) is 11.4 Å². The zero-order chi connectivity index (χ0) is 20.1. The molecule has 27 heavy (non-hydrogen) atoms. The molecule has 0 saturated heterocycles. The molecule has 0 saturated carbocycles. The van der Waals surface area contributed by atoms with E-state index >= 15 is 0 Å². The molecule has 0 aliphatic rings. The fraction of sp³-hybridized carbons (Fsp3) is 0.316. The van der Waals surface area contributed by atoms with Gasteiger partial charge in [-0.15, -0.1) is 0 Å². The third-order valence-electron chi connectivity index (χ3n) is 4.27. The summed E-state index contributed by atoms with van der Waals surface area (Å²) >= 11 is 5.90. The van der Waals surface area contributed by atoms with Crippen LogP contribution in [0.5, 0.6) is 0 Å². The second-order valence-corrected chi connectivity index (χ2v) is 7.03. The molecule has 0 radical (unpaired) electrons. The Hall–Kier alpha value is -2.64. The summed E-state index contributed by atoms with van der Waals surface area (Å²) in [5.74, 6) is -0.527. The van der Waals surface area contributed by atoms with Crippen LogP contribution < -0.4 is 10.2 Å². The van der Waals surface area contributed by atoms with E-state index in [1.54, 1.807) is 0 Å². The van der Waals surface area contributed by atoms with Crippen molar-refractivity contribution in [3.05, 3.63) is 68.7 Å². The smallest absolute Gasteiger partial charge is 0.282 e. The Morgan fingerprint density at radius 3 is 2.30 bits per heavy atom. The van der Waals surface area contributed by atoms with Crippen molar-refractivity contribution in [1.29, 1.82) is 0 Å². The molecule has 0 aliphatic carbocycles. The Kier molecular flexibility index (Phi) is 6.76. The number of benzene rings is 2. The molecule has 2 aromatic carbocycles. The van der Waals surface area contributed by atoms with Gasteiger partial charge in [0.2, 0.25) is 0 Å². The fourth-order valence-corrected chi connectivity index (χ4v) is 2.90. The quantitative estimate of drug-likeness (QED) is 0.579.